The molecule has 1 amide bonds. The lowest BCUT2D eigenvalue weighted by atomic mass is 10.1. The van der Waals surface area contributed by atoms with Crippen LogP contribution in [0.3, 0.4) is 0 Å². The number of amides is 1. The number of carbonyl (C=O) groups is 1. The number of nitrogens with one attached hydrogen (secondary N) is 1. The molecule has 7 heteroatoms. The molecule has 0 saturated heterocycles. The van der Waals surface area contributed by atoms with E-state index in [1.54, 1.807) is 6.92 Å². The first-order valence-corrected chi connectivity index (χ1v) is 8.82. The predicted molar refractivity (Wildman–Crippen MR) is 102 cm³/mol. The van der Waals surface area contributed by atoms with E-state index >= 15 is 0 Å². The Labute approximate surface area is 158 Å². The molecule has 0 aromatic heterocycles. The van der Waals surface area contributed by atoms with Crippen molar-refractivity contribution in [3.63, 3.8) is 0 Å². The smallest absolute Gasteiger partial charge is 0.272 e. The number of nitro benzene ring substituents is 1. The Bertz CT molecular complexity index is 835. The van der Waals surface area contributed by atoms with E-state index in [9.17, 15) is 14.9 Å². The van der Waals surface area contributed by atoms with Crippen LogP contribution in [0.15, 0.2) is 36.4 Å². The molecule has 0 unspecified atom stereocenters. The first-order chi connectivity index (χ1) is 12.9. The Hall–Kier alpha value is -3.09. The number of nitrogens with zero attached hydrogens (tertiary/aromatic N) is 1. The van der Waals surface area contributed by atoms with Crippen molar-refractivity contribution in [2.45, 2.75) is 33.7 Å². The third-order valence-corrected chi connectivity index (χ3v) is 4.07. The van der Waals surface area contributed by atoms with Crippen molar-refractivity contribution in [1.29, 1.82) is 0 Å². The van der Waals surface area contributed by atoms with E-state index in [1.165, 1.54) is 18.2 Å². The molecule has 0 heterocycles. The van der Waals surface area contributed by atoms with Gasteiger partial charge in [-0.1, -0.05) is 6.07 Å². The van der Waals surface area contributed by atoms with Crippen LogP contribution in [0, 0.1) is 17.0 Å². The molecule has 0 bridgehead atoms. The Morgan fingerprint density at radius 2 is 1.78 bits per heavy atom. The molecule has 7 nitrogen and oxygen atoms in total. The third-order valence-electron chi connectivity index (χ3n) is 4.07. The van der Waals surface area contributed by atoms with E-state index in [-0.39, 0.29) is 17.6 Å². The molecule has 2 aromatic carbocycles. The second kappa shape index (κ2) is 9.02. The summed E-state index contributed by atoms with van der Waals surface area (Å²) in [7, 11) is 0. The van der Waals surface area contributed by atoms with Crippen molar-refractivity contribution >= 4 is 11.6 Å². The topological polar surface area (TPSA) is 90.7 Å². The SMILES string of the molecule is CCOc1ccc([C@H](C)NC(=O)c2ccc([N+](=O)[O-])c(C)c2)cc1OCC. The fraction of sp³-hybridized carbons (Fsp3) is 0.350. The molecule has 1 N–H and O–H groups in total. The lowest BCUT2D eigenvalue weighted by Gasteiger charge is -2.17. The highest BCUT2D eigenvalue weighted by Gasteiger charge is 2.17. The lowest BCUT2D eigenvalue weighted by Crippen LogP contribution is -2.26. The number of ether oxygens (including phenoxy) is 2. The quantitative estimate of drug-likeness (QED) is 0.554. The highest BCUT2D eigenvalue weighted by Crippen LogP contribution is 2.31. The van der Waals surface area contributed by atoms with Gasteiger partial charge < -0.3 is 14.8 Å². The Morgan fingerprint density at radius 1 is 1.11 bits per heavy atom. The molecule has 1 atom stereocenters. The first-order valence-electron chi connectivity index (χ1n) is 8.82. The van der Waals surface area contributed by atoms with Gasteiger partial charge in [-0.3, -0.25) is 14.9 Å². The molecule has 0 aliphatic carbocycles. The van der Waals surface area contributed by atoms with Gasteiger partial charge in [-0.05, 0) is 57.5 Å². The van der Waals surface area contributed by atoms with Crippen molar-refractivity contribution < 1.29 is 19.2 Å². The number of carbonyl (C=O) groups excluding carboxylic acids is 1. The molecule has 0 saturated carbocycles. The summed E-state index contributed by atoms with van der Waals surface area (Å²) >= 11 is 0. The van der Waals surface area contributed by atoms with Gasteiger partial charge in [0, 0.05) is 17.2 Å². The summed E-state index contributed by atoms with van der Waals surface area (Å²) in [4.78, 5) is 22.9. The zero-order chi connectivity index (χ0) is 20.0. The summed E-state index contributed by atoms with van der Waals surface area (Å²) in [6.45, 7) is 8.31. The Kier molecular flexibility index (Phi) is 6.76. The normalized spacial score (nSPS) is 11.6. The Balaban J connectivity index is 2.17. The summed E-state index contributed by atoms with van der Waals surface area (Å²) in [6, 6.07) is 9.59. The van der Waals surface area contributed by atoms with Gasteiger partial charge in [0.1, 0.15) is 0 Å². The zero-order valence-corrected chi connectivity index (χ0v) is 15.9. The van der Waals surface area contributed by atoms with Crippen LogP contribution in [-0.2, 0) is 0 Å². The van der Waals surface area contributed by atoms with Crippen molar-refractivity contribution in [1.82, 2.24) is 5.32 Å². The van der Waals surface area contributed by atoms with Crippen molar-refractivity contribution in [3.8, 4) is 11.5 Å². The van der Waals surface area contributed by atoms with Gasteiger partial charge in [0.05, 0.1) is 24.2 Å². The van der Waals surface area contributed by atoms with Gasteiger partial charge >= 0.3 is 0 Å². The molecular weight excluding hydrogens is 348 g/mol. The summed E-state index contributed by atoms with van der Waals surface area (Å²) in [5.74, 6) is 0.990. The molecule has 2 rings (SSSR count). The number of rotatable bonds is 8. The summed E-state index contributed by atoms with van der Waals surface area (Å²) in [6.07, 6.45) is 0. The highest BCUT2D eigenvalue weighted by atomic mass is 16.6. The molecule has 0 fully saturated rings. The van der Waals surface area contributed by atoms with E-state index in [2.05, 4.69) is 5.32 Å². The van der Waals surface area contributed by atoms with E-state index in [4.69, 9.17) is 9.47 Å². The van der Waals surface area contributed by atoms with Gasteiger partial charge in [0.25, 0.3) is 11.6 Å². The number of benzene rings is 2. The fourth-order valence-electron chi connectivity index (χ4n) is 2.70. The maximum absolute atomic E-state index is 12.5. The monoisotopic (exact) mass is 372 g/mol. The number of hydrogen-bond acceptors (Lipinski definition) is 5. The van der Waals surface area contributed by atoms with Gasteiger partial charge in [-0.15, -0.1) is 0 Å². The van der Waals surface area contributed by atoms with Gasteiger partial charge in [0.15, 0.2) is 11.5 Å². The average Bonchev–Trinajstić information content (AvgIpc) is 2.63. The molecule has 0 radical (unpaired) electrons. The summed E-state index contributed by atoms with van der Waals surface area (Å²) in [5, 5.41) is 13.8. The largest absolute Gasteiger partial charge is 0.490 e. The molecule has 2 aromatic rings. The Morgan fingerprint density at radius 3 is 2.37 bits per heavy atom. The van der Waals surface area contributed by atoms with Gasteiger partial charge in [0.2, 0.25) is 0 Å². The molecule has 27 heavy (non-hydrogen) atoms. The van der Waals surface area contributed by atoms with Crippen LogP contribution >= 0.6 is 0 Å². The van der Waals surface area contributed by atoms with Crippen molar-refractivity contribution in [2.75, 3.05) is 13.2 Å². The minimum absolute atomic E-state index is 0.00697. The molecule has 0 aliphatic heterocycles. The summed E-state index contributed by atoms with van der Waals surface area (Å²) < 4.78 is 11.2. The van der Waals surface area contributed by atoms with Gasteiger partial charge in [-0.2, -0.15) is 0 Å². The minimum Gasteiger partial charge on any atom is -0.490 e. The first kappa shape index (κ1) is 20.2. The predicted octanol–water partition coefficient (Wildman–Crippen LogP) is 4.19. The standard InChI is InChI=1S/C20H24N2O5/c1-5-26-18-10-8-15(12-19(18)27-6-2)14(4)21-20(23)16-7-9-17(22(24)25)13(3)11-16/h7-12,14H,5-6H2,1-4H3,(H,21,23)/t14-/m0/s1. The second-order valence-corrected chi connectivity index (χ2v) is 6.03. The van der Waals surface area contributed by atoms with Gasteiger partial charge in [-0.25, -0.2) is 0 Å². The van der Waals surface area contributed by atoms with E-state index in [0.717, 1.165) is 5.56 Å². The highest BCUT2D eigenvalue weighted by molar-refractivity contribution is 5.95. The number of nitro groups is 1. The molecular formula is C20H24N2O5. The van der Waals surface area contributed by atoms with Crippen LogP contribution in [0.25, 0.3) is 0 Å². The van der Waals surface area contributed by atoms with Crippen LogP contribution in [0.5, 0.6) is 11.5 Å². The van der Waals surface area contributed by atoms with Crippen LogP contribution in [0.2, 0.25) is 0 Å². The third kappa shape index (κ3) is 4.97. The molecule has 0 aliphatic rings. The van der Waals surface area contributed by atoms with E-state index in [0.29, 0.717) is 35.8 Å². The summed E-state index contributed by atoms with van der Waals surface area (Å²) in [5.41, 5.74) is 1.68. The van der Waals surface area contributed by atoms with Crippen LogP contribution in [0.4, 0.5) is 5.69 Å². The van der Waals surface area contributed by atoms with Crippen LogP contribution in [-0.4, -0.2) is 24.0 Å². The van der Waals surface area contributed by atoms with Crippen molar-refractivity contribution in [2.24, 2.45) is 0 Å². The maximum Gasteiger partial charge on any atom is 0.272 e. The average molecular weight is 372 g/mol. The maximum atomic E-state index is 12.5. The van der Waals surface area contributed by atoms with Crippen molar-refractivity contribution in [3.05, 3.63) is 63.2 Å². The number of aryl methyl sites for hydroxylation is 1. The molecule has 0 spiro atoms. The minimum atomic E-state index is -0.463. The lowest BCUT2D eigenvalue weighted by molar-refractivity contribution is -0.385. The zero-order valence-electron chi connectivity index (χ0n) is 15.9. The molecule has 144 valence electrons. The van der Waals surface area contributed by atoms with Crippen LogP contribution in [0.1, 0.15) is 48.3 Å². The number of hydrogen-bond donors (Lipinski definition) is 1. The fourth-order valence-corrected chi connectivity index (χ4v) is 2.70. The van der Waals surface area contributed by atoms with E-state index < -0.39 is 4.92 Å². The van der Waals surface area contributed by atoms with E-state index in [1.807, 2.05) is 39.0 Å². The second-order valence-electron chi connectivity index (χ2n) is 6.03. The van der Waals surface area contributed by atoms with Crippen LogP contribution < -0.4 is 14.8 Å².